The van der Waals surface area contributed by atoms with Crippen LogP contribution in [0.2, 0.25) is 15.1 Å². The Morgan fingerprint density at radius 1 is 1.07 bits per heavy atom. The van der Waals surface area contributed by atoms with Crippen molar-refractivity contribution in [3.05, 3.63) is 63.1 Å². The Bertz CT molecular complexity index is 828. The first-order valence-corrected chi connectivity index (χ1v) is 9.84. The zero-order valence-corrected chi connectivity index (χ0v) is 17.8. The van der Waals surface area contributed by atoms with Crippen LogP contribution < -0.4 is 10.1 Å². The van der Waals surface area contributed by atoms with Gasteiger partial charge in [0.25, 0.3) is 5.91 Å². The molecule has 8 heteroatoms. The molecule has 0 aromatic heterocycles. The van der Waals surface area contributed by atoms with Crippen LogP contribution in [-0.2, 0) is 16.1 Å². The number of likely N-dealkylation sites (N-methyl/N-ethyl adjacent to an activating group) is 1. The van der Waals surface area contributed by atoms with E-state index in [2.05, 4.69) is 5.32 Å². The smallest absolute Gasteiger partial charge is 0.261 e. The topological polar surface area (TPSA) is 58.6 Å². The molecule has 0 aliphatic rings. The van der Waals surface area contributed by atoms with Crippen molar-refractivity contribution >= 4 is 46.6 Å². The van der Waals surface area contributed by atoms with E-state index in [0.717, 1.165) is 5.56 Å². The molecule has 1 N–H and O–H groups in total. The van der Waals surface area contributed by atoms with Gasteiger partial charge in [-0.1, -0.05) is 40.9 Å². The quantitative estimate of drug-likeness (QED) is 0.650. The van der Waals surface area contributed by atoms with Crippen molar-refractivity contribution in [2.24, 2.45) is 0 Å². The molecule has 0 unspecified atom stereocenters. The largest absolute Gasteiger partial charge is 0.484 e. The lowest BCUT2D eigenvalue weighted by atomic mass is 10.1. The Morgan fingerprint density at radius 2 is 1.75 bits per heavy atom. The monoisotopic (exact) mass is 442 g/mol. The van der Waals surface area contributed by atoms with Crippen molar-refractivity contribution in [1.82, 2.24) is 10.2 Å². The molecule has 2 aromatic carbocycles. The van der Waals surface area contributed by atoms with E-state index in [1.165, 1.54) is 4.90 Å². The van der Waals surface area contributed by atoms with Crippen LogP contribution in [0.1, 0.15) is 19.4 Å². The van der Waals surface area contributed by atoms with Crippen molar-refractivity contribution in [2.45, 2.75) is 26.4 Å². The number of amides is 2. The number of carbonyl (C=O) groups excluding carboxylic acids is 2. The number of nitrogens with one attached hydrogen (secondary N) is 1. The Morgan fingerprint density at radius 3 is 2.36 bits per heavy atom. The molecule has 2 aromatic rings. The first-order chi connectivity index (χ1) is 13.3. The van der Waals surface area contributed by atoms with Gasteiger partial charge in [0, 0.05) is 18.1 Å². The number of rotatable bonds is 8. The number of nitrogens with zero attached hydrogens (tertiary/aromatic N) is 1. The van der Waals surface area contributed by atoms with Crippen LogP contribution in [0.3, 0.4) is 0 Å². The maximum absolute atomic E-state index is 12.8. The molecular weight excluding hydrogens is 423 g/mol. The Labute approximate surface area is 179 Å². The minimum atomic E-state index is -0.685. The van der Waals surface area contributed by atoms with Gasteiger partial charge >= 0.3 is 0 Å². The van der Waals surface area contributed by atoms with E-state index in [1.54, 1.807) is 49.4 Å². The fourth-order valence-electron chi connectivity index (χ4n) is 2.50. The molecular formula is C20H21Cl3N2O3. The third kappa shape index (κ3) is 6.30. The van der Waals surface area contributed by atoms with E-state index < -0.39 is 6.04 Å². The molecule has 0 aliphatic carbocycles. The van der Waals surface area contributed by atoms with E-state index in [4.69, 9.17) is 39.5 Å². The summed E-state index contributed by atoms with van der Waals surface area (Å²) in [6, 6.07) is 11.1. The molecule has 0 fully saturated rings. The van der Waals surface area contributed by atoms with Gasteiger partial charge in [-0.2, -0.15) is 0 Å². The number of halogens is 3. The molecule has 2 amide bonds. The van der Waals surface area contributed by atoms with Gasteiger partial charge in [0.1, 0.15) is 11.8 Å². The first kappa shape index (κ1) is 22.3. The minimum absolute atomic E-state index is 0.192. The average Bonchev–Trinajstić information content (AvgIpc) is 2.67. The molecule has 0 spiro atoms. The van der Waals surface area contributed by atoms with E-state index in [-0.39, 0.29) is 25.0 Å². The molecule has 0 saturated heterocycles. The van der Waals surface area contributed by atoms with E-state index in [1.807, 2.05) is 6.92 Å². The number of ether oxygens (including phenoxy) is 1. The van der Waals surface area contributed by atoms with E-state index in [0.29, 0.717) is 27.4 Å². The fraction of sp³-hybridized carbons (Fsp3) is 0.300. The Balaban J connectivity index is 2.15. The van der Waals surface area contributed by atoms with Gasteiger partial charge in [-0.05, 0) is 55.8 Å². The van der Waals surface area contributed by atoms with Crippen LogP contribution in [0.25, 0.3) is 0 Å². The van der Waals surface area contributed by atoms with Crippen molar-refractivity contribution in [1.29, 1.82) is 0 Å². The maximum atomic E-state index is 12.8. The van der Waals surface area contributed by atoms with E-state index in [9.17, 15) is 9.59 Å². The molecule has 150 valence electrons. The lowest BCUT2D eigenvalue weighted by molar-refractivity contribution is -0.142. The summed E-state index contributed by atoms with van der Waals surface area (Å²) >= 11 is 17.9. The summed E-state index contributed by atoms with van der Waals surface area (Å²) < 4.78 is 5.55. The zero-order valence-electron chi connectivity index (χ0n) is 15.5. The van der Waals surface area contributed by atoms with Crippen LogP contribution in [0, 0.1) is 0 Å². The second kappa shape index (κ2) is 10.6. The van der Waals surface area contributed by atoms with Crippen LogP contribution >= 0.6 is 34.8 Å². The SMILES string of the molecule is CCNC(=O)[C@H](C)N(Cc1ccc(Cl)c(Cl)c1)C(=O)COc1ccc(Cl)cc1. The van der Waals surface area contributed by atoms with Gasteiger partial charge in [0.2, 0.25) is 5.91 Å². The average molecular weight is 444 g/mol. The van der Waals surface area contributed by atoms with Gasteiger partial charge in [-0.25, -0.2) is 0 Å². The normalized spacial score (nSPS) is 11.6. The second-order valence-electron chi connectivity index (χ2n) is 6.08. The number of carbonyl (C=O) groups is 2. The second-order valence-corrected chi connectivity index (χ2v) is 7.33. The molecule has 0 aliphatic heterocycles. The highest BCUT2D eigenvalue weighted by Gasteiger charge is 2.26. The van der Waals surface area contributed by atoms with Crippen LogP contribution in [0.5, 0.6) is 5.75 Å². The van der Waals surface area contributed by atoms with Crippen LogP contribution in [-0.4, -0.2) is 35.9 Å². The molecule has 0 saturated carbocycles. The predicted molar refractivity (Wildman–Crippen MR) is 112 cm³/mol. The molecule has 0 radical (unpaired) electrons. The van der Waals surface area contributed by atoms with E-state index >= 15 is 0 Å². The molecule has 1 atom stereocenters. The summed E-state index contributed by atoms with van der Waals surface area (Å²) in [7, 11) is 0. The highest BCUT2D eigenvalue weighted by Crippen LogP contribution is 2.24. The van der Waals surface area contributed by atoms with Gasteiger partial charge < -0.3 is 15.0 Å². The van der Waals surface area contributed by atoms with Crippen LogP contribution in [0.15, 0.2) is 42.5 Å². The molecule has 0 heterocycles. The number of hydrogen-bond donors (Lipinski definition) is 1. The zero-order chi connectivity index (χ0) is 20.7. The summed E-state index contributed by atoms with van der Waals surface area (Å²) in [5.41, 5.74) is 0.755. The third-order valence-electron chi connectivity index (χ3n) is 4.03. The maximum Gasteiger partial charge on any atom is 0.261 e. The summed E-state index contributed by atoms with van der Waals surface area (Å²) in [5, 5.41) is 4.11. The van der Waals surface area contributed by atoms with Crippen LogP contribution in [0.4, 0.5) is 0 Å². The lowest BCUT2D eigenvalue weighted by Gasteiger charge is -2.28. The van der Waals surface area contributed by atoms with Crippen molar-refractivity contribution in [3.63, 3.8) is 0 Å². The van der Waals surface area contributed by atoms with Crippen molar-refractivity contribution in [3.8, 4) is 5.75 Å². The van der Waals surface area contributed by atoms with Gasteiger partial charge in [0.05, 0.1) is 10.0 Å². The van der Waals surface area contributed by atoms with Gasteiger partial charge in [-0.3, -0.25) is 9.59 Å². The highest BCUT2D eigenvalue weighted by atomic mass is 35.5. The molecule has 2 rings (SSSR count). The molecule has 5 nitrogen and oxygen atoms in total. The van der Waals surface area contributed by atoms with Crippen molar-refractivity contribution in [2.75, 3.05) is 13.2 Å². The summed E-state index contributed by atoms with van der Waals surface area (Å²) in [5.74, 6) is -0.0694. The summed E-state index contributed by atoms with van der Waals surface area (Å²) in [6.07, 6.45) is 0. The third-order valence-corrected chi connectivity index (χ3v) is 5.02. The standard InChI is InChI=1S/C20H21Cl3N2O3/c1-3-24-20(27)13(2)25(11-14-4-9-17(22)18(23)10-14)19(26)12-28-16-7-5-15(21)6-8-16/h4-10,13H,3,11-12H2,1-2H3,(H,24,27)/t13-/m0/s1. The fourth-order valence-corrected chi connectivity index (χ4v) is 2.94. The summed E-state index contributed by atoms with van der Waals surface area (Å²) in [4.78, 5) is 26.6. The summed E-state index contributed by atoms with van der Waals surface area (Å²) in [6.45, 7) is 3.94. The molecule has 0 bridgehead atoms. The lowest BCUT2D eigenvalue weighted by Crippen LogP contribution is -2.49. The van der Waals surface area contributed by atoms with Gasteiger partial charge in [0.15, 0.2) is 6.61 Å². The number of benzene rings is 2. The predicted octanol–water partition coefficient (Wildman–Crippen LogP) is 4.58. The first-order valence-electron chi connectivity index (χ1n) is 8.71. The molecule has 28 heavy (non-hydrogen) atoms. The Kier molecular flexibility index (Phi) is 8.42. The Hall–Kier alpha value is -1.95. The highest BCUT2D eigenvalue weighted by molar-refractivity contribution is 6.42. The van der Waals surface area contributed by atoms with Crippen molar-refractivity contribution < 1.29 is 14.3 Å². The van der Waals surface area contributed by atoms with Gasteiger partial charge in [-0.15, -0.1) is 0 Å². The number of hydrogen-bond acceptors (Lipinski definition) is 3. The minimum Gasteiger partial charge on any atom is -0.484 e.